The molecule has 1 aliphatic heterocycles. The third-order valence-electron chi connectivity index (χ3n) is 5.97. The molecule has 0 saturated carbocycles. The molecule has 0 atom stereocenters. The minimum absolute atomic E-state index is 0.0889. The molecule has 3 aromatic carbocycles. The predicted molar refractivity (Wildman–Crippen MR) is 140 cm³/mol. The van der Waals surface area contributed by atoms with E-state index < -0.39 is 0 Å². The molecule has 0 unspecified atom stereocenters. The van der Waals surface area contributed by atoms with Gasteiger partial charge in [0, 0.05) is 41.5 Å². The number of rotatable bonds is 5. The minimum Gasteiger partial charge on any atom is -0.457 e. The van der Waals surface area contributed by atoms with Crippen molar-refractivity contribution in [1.29, 1.82) is 0 Å². The maximum Gasteiger partial charge on any atom is 0.129 e. The number of hydrogen-bond donors (Lipinski definition) is 0. The van der Waals surface area contributed by atoms with Gasteiger partial charge in [-0.1, -0.05) is 48.5 Å². The standard InChI is InChI=1S/C30H29N3O/c1-30(2,3)33-18-17-32(22-33)26-12-8-14-28(21-26)34-27-13-7-11-25(19-27)29-20-24(15-16-31-29)23-9-5-4-6-10-23/h4-21H,22H2,1-3H3. The van der Waals surface area contributed by atoms with Crippen molar-refractivity contribution in [2.24, 2.45) is 0 Å². The summed E-state index contributed by atoms with van der Waals surface area (Å²) >= 11 is 0. The second-order valence-electron chi connectivity index (χ2n) is 9.47. The lowest BCUT2D eigenvalue weighted by molar-refractivity contribution is 0.223. The van der Waals surface area contributed by atoms with E-state index in [0.29, 0.717) is 0 Å². The van der Waals surface area contributed by atoms with Gasteiger partial charge in [-0.3, -0.25) is 4.98 Å². The second-order valence-corrected chi connectivity index (χ2v) is 9.47. The molecule has 4 nitrogen and oxygen atoms in total. The molecule has 34 heavy (non-hydrogen) atoms. The number of benzene rings is 3. The first-order valence-corrected chi connectivity index (χ1v) is 11.6. The lowest BCUT2D eigenvalue weighted by Gasteiger charge is -2.33. The molecule has 170 valence electrons. The molecule has 0 amide bonds. The van der Waals surface area contributed by atoms with Gasteiger partial charge in [-0.15, -0.1) is 0 Å². The molecule has 0 radical (unpaired) electrons. The Balaban J connectivity index is 1.35. The molecule has 5 rings (SSSR count). The quantitative estimate of drug-likeness (QED) is 0.316. The number of anilines is 1. The summed E-state index contributed by atoms with van der Waals surface area (Å²) in [6.45, 7) is 7.49. The Morgan fingerprint density at radius 3 is 2.21 bits per heavy atom. The van der Waals surface area contributed by atoms with Crippen molar-refractivity contribution >= 4 is 5.69 Å². The molecule has 1 aromatic heterocycles. The van der Waals surface area contributed by atoms with Crippen molar-refractivity contribution in [1.82, 2.24) is 9.88 Å². The molecular weight excluding hydrogens is 418 g/mol. The highest BCUT2D eigenvalue weighted by atomic mass is 16.5. The summed E-state index contributed by atoms with van der Waals surface area (Å²) in [6.07, 6.45) is 6.13. The third-order valence-corrected chi connectivity index (χ3v) is 5.97. The van der Waals surface area contributed by atoms with Gasteiger partial charge in [-0.25, -0.2) is 0 Å². The van der Waals surface area contributed by atoms with Gasteiger partial charge >= 0.3 is 0 Å². The zero-order valence-corrected chi connectivity index (χ0v) is 19.8. The third kappa shape index (κ3) is 4.81. The SMILES string of the molecule is CC(C)(C)N1C=CN(c2cccc(Oc3cccc(-c4cc(-c5ccccc5)ccn4)c3)c2)C1. The average molecular weight is 448 g/mol. The molecule has 4 aromatic rings. The van der Waals surface area contributed by atoms with Gasteiger partial charge in [0.25, 0.3) is 0 Å². The van der Waals surface area contributed by atoms with Crippen LogP contribution < -0.4 is 9.64 Å². The van der Waals surface area contributed by atoms with Crippen molar-refractivity contribution in [2.75, 3.05) is 11.6 Å². The largest absolute Gasteiger partial charge is 0.457 e. The Morgan fingerprint density at radius 2 is 1.44 bits per heavy atom. The summed E-state index contributed by atoms with van der Waals surface area (Å²) in [6, 6.07) is 30.8. The van der Waals surface area contributed by atoms with Crippen LogP contribution in [0.25, 0.3) is 22.4 Å². The van der Waals surface area contributed by atoms with E-state index in [2.05, 4.69) is 96.5 Å². The fourth-order valence-corrected chi connectivity index (χ4v) is 4.00. The van der Waals surface area contributed by atoms with Crippen LogP contribution in [0.4, 0.5) is 5.69 Å². The lowest BCUT2D eigenvalue weighted by Crippen LogP contribution is -2.39. The second kappa shape index (κ2) is 9.06. The minimum atomic E-state index is 0.0889. The van der Waals surface area contributed by atoms with Gasteiger partial charge in [0.2, 0.25) is 0 Å². The number of pyridine rings is 1. The molecule has 0 bridgehead atoms. The molecule has 0 spiro atoms. The van der Waals surface area contributed by atoms with Gasteiger partial charge in [0.05, 0.1) is 12.4 Å². The van der Waals surface area contributed by atoms with Crippen LogP contribution in [0.2, 0.25) is 0 Å². The van der Waals surface area contributed by atoms with Crippen LogP contribution in [0.1, 0.15) is 20.8 Å². The van der Waals surface area contributed by atoms with E-state index in [4.69, 9.17) is 4.74 Å². The Bertz CT molecular complexity index is 1310. The monoisotopic (exact) mass is 447 g/mol. The van der Waals surface area contributed by atoms with Gasteiger partial charge in [0.1, 0.15) is 11.5 Å². The maximum absolute atomic E-state index is 6.26. The van der Waals surface area contributed by atoms with Crippen molar-refractivity contribution in [2.45, 2.75) is 26.3 Å². The molecule has 0 saturated heterocycles. The van der Waals surface area contributed by atoms with Gasteiger partial charge in [0.15, 0.2) is 0 Å². The number of aromatic nitrogens is 1. The molecule has 0 N–H and O–H groups in total. The zero-order valence-electron chi connectivity index (χ0n) is 19.8. The lowest BCUT2D eigenvalue weighted by atomic mass is 10.0. The molecule has 2 heterocycles. The van der Waals surface area contributed by atoms with Gasteiger partial charge < -0.3 is 14.5 Å². The Morgan fingerprint density at radius 1 is 0.706 bits per heavy atom. The van der Waals surface area contributed by atoms with E-state index in [0.717, 1.165) is 40.7 Å². The first-order chi connectivity index (χ1) is 16.5. The maximum atomic E-state index is 6.26. The number of nitrogens with zero attached hydrogens (tertiary/aromatic N) is 3. The van der Waals surface area contributed by atoms with Gasteiger partial charge in [-0.05, 0) is 68.3 Å². The fraction of sp³-hybridized carbons (Fsp3) is 0.167. The first-order valence-electron chi connectivity index (χ1n) is 11.6. The summed E-state index contributed by atoms with van der Waals surface area (Å²) in [4.78, 5) is 9.15. The molecule has 0 aliphatic carbocycles. The highest BCUT2D eigenvalue weighted by Gasteiger charge is 2.24. The van der Waals surface area contributed by atoms with E-state index in [-0.39, 0.29) is 5.54 Å². The van der Waals surface area contributed by atoms with E-state index in [1.807, 2.05) is 48.7 Å². The van der Waals surface area contributed by atoms with Crippen LogP contribution >= 0.6 is 0 Å². The first kappa shape index (κ1) is 21.8. The normalized spacial score (nSPS) is 13.4. The molecule has 4 heteroatoms. The van der Waals surface area contributed by atoms with E-state index in [9.17, 15) is 0 Å². The highest BCUT2D eigenvalue weighted by molar-refractivity contribution is 5.71. The van der Waals surface area contributed by atoms with Crippen molar-refractivity contribution < 1.29 is 4.74 Å². The van der Waals surface area contributed by atoms with Crippen LogP contribution in [0, 0.1) is 0 Å². The number of hydrogen-bond acceptors (Lipinski definition) is 4. The van der Waals surface area contributed by atoms with Crippen molar-refractivity contribution in [3.8, 4) is 33.9 Å². The zero-order chi connectivity index (χ0) is 23.5. The Hall–Kier alpha value is -4.05. The van der Waals surface area contributed by atoms with Crippen LogP contribution in [-0.4, -0.2) is 22.1 Å². The van der Waals surface area contributed by atoms with Crippen LogP contribution in [0.3, 0.4) is 0 Å². The Labute approximate surface area is 201 Å². The van der Waals surface area contributed by atoms with Gasteiger partial charge in [-0.2, -0.15) is 0 Å². The summed E-state index contributed by atoms with van der Waals surface area (Å²) in [5.41, 5.74) is 5.46. The van der Waals surface area contributed by atoms with E-state index in [1.54, 1.807) is 0 Å². The number of ether oxygens (including phenoxy) is 1. The average Bonchev–Trinajstić information content (AvgIpc) is 3.37. The summed E-state index contributed by atoms with van der Waals surface area (Å²) in [5, 5.41) is 0. The van der Waals surface area contributed by atoms with Crippen molar-refractivity contribution in [3.63, 3.8) is 0 Å². The topological polar surface area (TPSA) is 28.6 Å². The van der Waals surface area contributed by atoms with E-state index >= 15 is 0 Å². The predicted octanol–water partition coefficient (Wildman–Crippen LogP) is 7.56. The molecule has 0 fully saturated rings. The van der Waals surface area contributed by atoms with Crippen LogP contribution in [0.15, 0.2) is 110 Å². The van der Waals surface area contributed by atoms with Crippen LogP contribution in [-0.2, 0) is 0 Å². The molecular formula is C30H29N3O. The summed E-state index contributed by atoms with van der Waals surface area (Å²) in [5.74, 6) is 1.60. The fourth-order valence-electron chi connectivity index (χ4n) is 4.00. The smallest absolute Gasteiger partial charge is 0.129 e. The Kier molecular flexibility index (Phi) is 5.81. The van der Waals surface area contributed by atoms with Crippen molar-refractivity contribution in [3.05, 3.63) is 110 Å². The van der Waals surface area contributed by atoms with Crippen LogP contribution in [0.5, 0.6) is 11.5 Å². The van der Waals surface area contributed by atoms with E-state index in [1.165, 1.54) is 5.56 Å². The molecule has 1 aliphatic rings. The summed E-state index contributed by atoms with van der Waals surface area (Å²) < 4.78 is 6.26. The highest BCUT2D eigenvalue weighted by Crippen LogP contribution is 2.32. The summed E-state index contributed by atoms with van der Waals surface area (Å²) in [7, 11) is 0.